The number of hydrogen-bond acceptors (Lipinski definition) is 5. The molecule has 0 spiro atoms. The summed E-state index contributed by atoms with van der Waals surface area (Å²) < 4.78 is 3.37. The van der Waals surface area contributed by atoms with Gasteiger partial charge in [-0.1, -0.05) is 0 Å². The number of amides is 1. The molecule has 4 heterocycles. The standard InChI is InChI=1S/C14H15N7O/c1-19-6-9(5-17-19)14(22)21-7-10(8-21)11-12-13(20(2)18-11)16-4-3-15-12/h3-6,10H,7-8H2,1-2H3. The van der Waals surface area contributed by atoms with E-state index in [1.54, 1.807) is 46.1 Å². The van der Waals surface area contributed by atoms with Gasteiger partial charge in [-0.15, -0.1) is 0 Å². The van der Waals surface area contributed by atoms with Crippen molar-refractivity contribution in [2.75, 3.05) is 13.1 Å². The highest BCUT2D eigenvalue weighted by Crippen LogP contribution is 2.30. The summed E-state index contributed by atoms with van der Waals surface area (Å²) in [5, 5.41) is 8.55. The number of hydrogen-bond donors (Lipinski definition) is 0. The molecule has 0 aromatic carbocycles. The Hall–Kier alpha value is -2.77. The first-order chi connectivity index (χ1) is 10.6. The highest BCUT2D eigenvalue weighted by molar-refractivity contribution is 5.94. The van der Waals surface area contributed by atoms with Crippen LogP contribution in [0.5, 0.6) is 0 Å². The van der Waals surface area contributed by atoms with Crippen LogP contribution in [0.1, 0.15) is 22.0 Å². The SMILES string of the molecule is Cn1cc(C(=O)N2CC(c3nn(C)c4nccnc34)C2)cn1. The summed E-state index contributed by atoms with van der Waals surface area (Å²) in [4.78, 5) is 22.8. The molecule has 0 radical (unpaired) electrons. The fourth-order valence-corrected chi connectivity index (χ4v) is 2.81. The lowest BCUT2D eigenvalue weighted by atomic mass is 9.95. The maximum Gasteiger partial charge on any atom is 0.257 e. The summed E-state index contributed by atoms with van der Waals surface area (Å²) in [7, 11) is 3.66. The van der Waals surface area contributed by atoms with Crippen molar-refractivity contribution in [2.24, 2.45) is 14.1 Å². The van der Waals surface area contributed by atoms with Gasteiger partial charge in [-0.2, -0.15) is 10.2 Å². The van der Waals surface area contributed by atoms with Crippen LogP contribution >= 0.6 is 0 Å². The first-order valence-corrected chi connectivity index (χ1v) is 7.05. The van der Waals surface area contributed by atoms with Crippen molar-refractivity contribution in [1.29, 1.82) is 0 Å². The van der Waals surface area contributed by atoms with E-state index in [0.717, 1.165) is 16.9 Å². The Balaban J connectivity index is 1.54. The van der Waals surface area contributed by atoms with E-state index in [1.165, 1.54) is 0 Å². The van der Waals surface area contributed by atoms with Crippen LogP contribution in [0.25, 0.3) is 11.2 Å². The van der Waals surface area contributed by atoms with E-state index in [0.29, 0.717) is 18.7 Å². The van der Waals surface area contributed by atoms with Crippen molar-refractivity contribution in [2.45, 2.75) is 5.92 Å². The van der Waals surface area contributed by atoms with Crippen LogP contribution in [0.4, 0.5) is 0 Å². The second kappa shape index (κ2) is 4.62. The minimum absolute atomic E-state index is 0.00988. The summed E-state index contributed by atoms with van der Waals surface area (Å²) in [6.07, 6.45) is 6.66. The van der Waals surface area contributed by atoms with Gasteiger partial charge in [0.1, 0.15) is 5.52 Å². The number of rotatable bonds is 2. The number of nitrogens with zero attached hydrogens (tertiary/aromatic N) is 7. The largest absolute Gasteiger partial charge is 0.337 e. The Labute approximate surface area is 126 Å². The van der Waals surface area contributed by atoms with Gasteiger partial charge in [-0.3, -0.25) is 9.48 Å². The fraction of sp³-hybridized carbons (Fsp3) is 0.357. The number of aryl methyl sites for hydroxylation is 2. The normalized spacial score (nSPS) is 15.3. The van der Waals surface area contributed by atoms with Crippen molar-refractivity contribution in [3.05, 3.63) is 36.0 Å². The molecule has 0 saturated carbocycles. The molecule has 4 rings (SSSR count). The molecule has 1 amide bonds. The summed E-state index contributed by atoms with van der Waals surface area (Å²) in [6.45, 7) is 1.30. The molecule has 22 heavy (non-hydrogen) atoms. The third kappa shape index (κ3) is 1.87. The molecule has 3 aromatic rings. The predicted octanol–water partition coefficient (Wildman–Crippen LogP) is 0.336. The lowest BCUT2D eigenvalue weighted by Crippen LogP contribution is -2.48. The predicted molar refractivity (Wildman–Crippen MR) is 78.2 cm³/mol. The fourth-order valence-electron chi connectivity index (χ4n) is 2.81. The quantitative estimate of drug-likeness (QED) is 0.681. The highest BCUT2D eigenvalue weighted by atomic mass is 16.2. The zero-order valence-electron chi connectivity index (χ0n) is 12.3. The Morgan fingerprint density at radius 1 is 1.23 bits per heavy atom. The lowest BCUT2D eigenvalue weighted by molar-refractivity contribution is 0.0599. The maximum atomic E-state index is 12.3. The van der Waals surface area contributed by atoms with Crippen molar-refractivity contribution in [3.8, 4) is 0 Å². The van der Waals surface area contributed by atoms with Gasteiger partial charge in [0.05, 0.1) is 17.5 Å². The van der Waals surface area contributed by atoms with Crippen molar-refractivity contribution < 1.29 is 4.79 Å². The molecule has 0 bridgehead atoms. The van der Waals surface area contributed by atoms with Crippen LogP contribution in [-0.4, -0.2) is 53.4 Å². The third-order valence-electron chi connectivity index (χ3n) is 3.99. The number of likely N-dealkylation sites (tertiary alicyclic amines) is 1. The molecular weight excluding hydrogens is 282 g/mol. The van der Waals surface area contributed by atoms with Crippen LogP contribution in [0, 0.1) is 0 Å². The molecule has 0 aliphatic carbocycles. The Morgan fingerprint density at radius 3 is 2.73 bits per heavy atom. The first kappa shape index (κ1) is 12.9. The van der Waals surface area contributed by atoms with E-state index in [-0.39, 0.29) is 11.8 Å². The zero-order valence-corrected chi connectivity index (χ0v) is 12.3. The highest BCUT2D eigenvalue weighted by Gasteiger charge is 2.36. The van der Waals surface area contributed by atoms with E-state index in [9.17, 15) is 4.79 Å². The van der Waals surface area contributed by atoms with Crippen LogP contribution in [0.15, 0.2) is 24.8 Å². The second-order valence-electron chi connectivity index (χ2n) is 5.55. The molecule has 1 fully saturated rings. The smallest absolute Gasteiger partial charge is 0.257 e. The maximum absolute atomic E-state index is 12.3. The van der Waals surface area contributed by atoms with Gasteiger partial charge < -0.3 is 4.90 Å². The van der Waals surface area contributed by atoms with Crippen molar-refractivity contribution in [3.63, 3.8) is 0 Å². The second-order valence-corrected chi connectivity index (χ2v) is 5.55. The van der Waals surface area contributed by atoms with Gasteiger partial charge >= 0.3 is 0 Å². The van der Waals surface area contributed by atoms with Crippen LogP contribution in [0.3, 0.4) is 0 Å². The molecule has 1 saturated heterocycles. The summed E-state index contributed by atoms with van der Waals surface area (Å²) in [5.41, 5.74) is 3.13. The van der Waals surface area contributed by atoms with Gasteiger partial charge in [0.15, 0.2) is 5.65 Å². The molecule has 0 unspecified atom stereocenters. The van der Waals surface area contributed by atoms with E-state index in [4.69, 9.17) is 0 Å². The molecule has 8 heteroatoms. The minimum atomic E-state index is 0.00988. The van der Waals surface area contributed by atoms with E-state index in [2.05, 4.69) is 20.2 Å². The van der Waals surface area contributed by atoms with E-state index < -0.39 is 0 Å². The molecule has 112 valence electrons. The Morgan fingerprint density at radius 2 is 2.00 bits per heavy atom. The van der Waals surface area contributed by atoms with Crippen LogP contribution in [0.2, 0.25) is 0 Å². The zero-order chi connectivity index (χ0) is 15.3. The van der Waals surface area contributed by atoms with E-state index in [1.807, 2.05) is 7.05 Å². The summed E-state index contributed by atoms with van der Waals surface area (Å²) >= 11 is 0. The average Bonchev–Trinajstić information content (AvgIpc) is 3.03. The molecule has 3 aromatic heterocycles. The number of carbonyl (C=O) groups excluding carboxylic acids is 1. The minimum Gasteiger partial charge on any atom is -0.337 e. The van der Waals surface area contributed by atoms with Gasteiger partial charge in [-0.05, 0) is 0 Å². The molecule has 0 atom stereocenters. The third-order valence-corrected chi connectivity index (χ3v) is 3.99. The van der Waals surface area contributed by atoms with Gasteiger partial charge in [0, 0.05) is 51.7 Å². The Kier molecular flexibility index (Phi) is 2.72. The lowest BCUT2D eigenvalue weighted by Gasteiger charge is -2.38. The Bertz CT molecular complexity index is 859. The number of carbonyl (C=O) groups is 1. The number of fused-ring (bicyclic) bond motifs is 1. The van der Waals surface area contributed by atoms with Crippen LogP contribution < -0.4 is 0 Å². The molecule has 1 aliphatic heterocycles. The average molecular weight is 297 g/mol. The summed E-state index contributed by atoms with van der Waals surface area (Å²) in [6, 6.07) is 0. The molecular formula is C14H15N7O. The van der Waals surface area contributed by atoms with Crippen molar-refractivity contribution >= 4 is 17.1 Å². The monoisotopic (exact) mass is 297 g/mol. The van der Waals surface area contributed by atoms with E-state index >= 15 is 0 Å². The first-order valence-electron chi connectivity index (χ1n) is 7.05. The van der Waals surface area contributed by atoms with Gasteiger partial charge in [0.2, 0.25) is 0 Å². The van der Waals surface area contributed by atoms with Gasteiger partial charge in [0.25, 0.3) is 5.91 Å². The van der Waals surface area contributed by atoms with Gasteiger partial charge in [-0.25, -0.2) is 14.6 Å². The van der Waals surface area contributed by atoms with Crippen molar-refractivity contribution in [1.82, 2.24) is 34.4 Å². The molecule has 0 N–H and O–H groups in total. The molecule has 8 nitrogen and oxygen atoms in total. The topological polar surface area (TPSA) is 81.7 Å². The summed E-state index contributed by atoms with van der Waals surface area (Å²) in [5.74, 6) is 0.219. The molecule has 1 aliphatic rings. The number of aromatic nitrogens is 6. The van der Waals surface area contributed by atoms with Crippen LogP contribution in [-0.2, 0) is 14.1 Å².